The molecule has 3 rings (SSSR count). The minimum absolute atomic E-state index is 0.223. The van der Waals surface area contributed by atoms with E-state index >= 15 is 0 Å². The number of rotatable bonds is 5. The molecule has 0 unspecified atom stereocenters. The molecule has 1 amide bonds. The molecule has 1 heterocycles. The molecular weight excluding hydrogens is 341 g/mol. The highest BCUT2D eigenvalue weighted by molar-refractivity contribution is 5.94. The lowest BCUT2D eigenvalue weighted by atomic mass is 10.1. The van der Waals surface area contributed by atoms with Gasteiger partial charge in [-0.15, -0.1) is 0 Å². The van der Waals surface area contributed by atoms with Crippen molar-refractivity contribution in [1.29, 1.82) is 0 Å². The minimum atomic E-state index is -0.364. The van der Waals surface area contributed by atoms with Crippen LogP contribution in [0.1, 0.15) is 35.5 Å². The van der Waals surface area contributed by atoms with E-state index in [9.17, 15) is 9.18 Å². The van der Waals surface area contributed by atoms with Crippen molar-refractivity contribution in [3.05, 3.63) is 71.2 Å². The maximum atomic E-state index is 14.3. The average Bonchev–Trinajstić information content (AvgIpc) is 3.05. The number of halogens is 1. The topological polar surface area (TPSA) is 46.9 Å². The molecule has 0 aliphatic rings. The van der Waals surface area contributed by atoms with Gasteiger partial charge in [0.15, 0.2) is 0 Å². The molecule has 0 fully saturated rings. The number of nitrogens with zero attached hydrogens (tertiary/aromatic N) is 2. The molecule has 140 valence electrons. The van der Waals surface area contributed by atoms with Gasteiger partial charge in [0.25, 0.3) is 5.91 Å². The first-order chi connectivity index (χ1) is 12.9. The smallest absolute Gasteiger partial charge is 0.270 e. The quantitative estimate of drug-likeness (QED) is 0.713. The first-order valence-electron chi connectivity index (χ1n) is 9.07. The van der Waals surface area contributed by atoms with Crippen molar-refractivity contribution in [3.8, 4) is 16.9 Å². The van der Waals surface area contributed by atoms with Crippen LogP contribution in [0.15, 0.2) is 48.5 Å². The van der Waals surface area contributed by atoms with Crippen molar-refractivity contribution in [1.82, 2.24) is 15.1 Å². The Morgan fingerprint density at radius 2 is 1.89 bits per heavy atom. The summed E-state index contributed by atoms with van der Waals surface area (Å²) >= 11 is 0. The summed E-state index contributed by atoms with van der Waals surface area (Å²) in [6.07, 6.45) is 0. The molecule has 4 nitrogen and oxygen atoms in total. The molecule has 5 heteroatoms. The predicted molar refractivity (Wildman–Crippen MR) is 106 cm³/mol. The Labute approximate surface area is 159 Å². The maximum Gasteiger partial charge on any atom is 0.270 e. The lowest BCUT2D eigenvalue weighted by molar-refractivity contribution is 0.0941. The summed E-state index contributed by atoms with van der Waals surface area (Å²) in [5.41, 5.74) is 4.13. The summed E-state index contributed by atoms with van der Waals surface area (Å²) in [6.45, 7) is 8.62. The van der Waals surface area contributed by atoms with Gasteiger partial charge in [0.2, 0.25) is 0 Å². The Morgan fingerprint density at radius 3 is 2.56 bits per heavy atom. The largest absolute Gasteiger partial charge is 0.350 e. The molecule has 27 heavy (non-hydrogen) atoms. The molecular formula is C22H24FN3O. The highest BCUT2D eigenvalue weighted by Crippen LogP contribution is 2.25. The molecule has 0 aliphatic carbocycles. The Kier molecular flexibility index (Phi) is 5.40. The molecule has 2 aromatic carbocycles. The van der Waals surface area contributed by atoms with E-state index in [4.69, 9.17) is 0 Å². The molecule has 1 N–H and O–H groups in total. The number of hydrogen-bond donors (Lipinski definition) is 1. The normalized spacial score (nSPS) is 11.0. The highest BCUT2D eigenvalue weighted by atomic mass is 19.1. The van der Waals surface area contributed by atoms with Gasteiger partial charge in [0.1, 0.15) is 11.5 Å². The number of carbonyl (C=O) groups excluding carboxylic acids is 1. The second kappa shape index (κ2) is 7.74. The zero-order valence-corrected chi connectivity index (χ0v) is 16.1. The lowest BCUT2D eigenvalue weighted by Crippen LogP contribution is -2.29. The number of benzene rings is 2. The second-order valence-electron chi connectivity index (χ2n) is 7.20. The fourth-order valence-corrected chi connectivity index (χ4v) is 2.96. The number of hydrogen-bond acceptors (Lipinski definition) is 2. The third-order valence-electron chi connectivity index (χ3n) is 4.34. The summed E-state index contributed by atoms with van der Waals surface area (Å²) in [7, 11) is 0. The number of nitrogens with one attached hydrogen (secondary N) is 1. The molecule has 3 aromatic rings. The lowest BCUT2D eigenvalue weighted by Gasteiger charge is -2.12. The van der Waals surface area contributed by atoms with Crippen molar-refractivity contribution in [2.45, 2.75) is 27.7 Å². The van der Waals surface area contributed by atoms with E-state index in [1.165, 1.54) is 6.07 Å². The zero-order chi connectivity index (χ0) is 19.6. The van der Waals surface area contributed by atoms with Crippen molar-refractivity contribution in [3.63, 3.8) is 0 Å². The first-order valence-corrected chi connectivity index (χ1v) is 9.07. The Morgan fingerprint density at radius 1 is 1.15 bits per heavy atom. The van der Waals surface area contributed by atoms with E-state index < -0.39 is 0 Å². The summed E-state index contributed by atoms with van der Waals surface area (Å²) in [5, 5.41) is 7.49. The molecule has 0 radical (unpaired) electrons. The van der Waals surface area contributed by atoms with Crippen molar-refractivity contribution in [2.75, 3.05) is 6.54 Å². The van der Waals surface area contributed by atoms with Crippen molar-refractivity contribution >= 4 is 5.91 Å². The number of amides is 1. The van der Waals surface area contributed by atoms with Gasteiger partial charge >= 0.3 is 0 Å². The van der Waals surface area contributed by atoms with Gasteiger partial charge in [-0.2, -0.15) is 5.10 Å². The van der Waals surface area contributed by atoms with Crippen LogP contribution >= 0.6 is 0 Å². The minimum Gasteiger partial charge on any atom is -0.350 e. The summed E-state index contributed by atoms with van der Waals surface area (Å²) in [5.74, 6) is -0.256. The van der Waals surface area contributed by atoms with E-state index in [2.05, 4.69) is 10.4 Å². The SMILES string of the molecule is Cc1ccc(-n2nc(-c3ccccc3F)cc2C(=O)NCC(C)C)c(C)c1. The Balaban J connectivity index is 2.12. The van der Waals surface area contributed by atoms with Crippen molar-refractivity contribution in [2.24, 2.45) is 5.92 Å². The summed E-state index contributed by atoms with van der Waals surface area (Å²) in [6, 6.07) is 14.0. The third kappa shape index (κ3) is 4.08. The zero-order valence-electron chi connectivity index (χ0n) is 16.1. The Bertz CT molecular complexity index is 975. The second-order valence-corrected chi connectivity index (χ2v) is 7.20. The van der Waals surface area contributed by atoms with E-state index in [0.29, 0.717) is 29.4 Å². The summed E-state index contributed by atoms with van der Waals surface area (Å²) < 4.78 is 15.9. The van der Waals surface area contributed by atoms with Crippen LogP contribution in [-0.4, -0.2) is 22.2 Å². The van der Waals surface area contributed by atoms with Gasteiger partial charge in [-0.1, -0.05) is 43.7 Å². The molecule has 0 aliphatic heterocycles. The first kappa shape index (κ1) is 18.8. The van der Waals surface area contributed by atoms with Gasteiger partial charge in [-0.05, 0) is 49.6 Å². The van der Waals surface area contributed by atoms with Crippen molar-refractivity contribution < 1.29 is 9.18 Å². The monoisotopic (exact) mass is 365 g/mol. The van der Waals surface area contributed by atoms with Crippen LogP contribution in [-0.2, 0) is 0 Å². The van der Waals surface area contributed by atoms with Crippen LogP contribution in [0.25, 0.3) is 16.9 Å². The standard InChI is InChI=1S/C22H24FN3O/c1-14(2)13-24-22(27)21-12-19(17-7-5-6-8-18(17)23)25-26(21)20-10-9-15(3)11-16(20)4/h5-12,14H,13H2,1-4H3,(H,24,27). The molecule has 0 bridgehead atoms. The van der Waals surface area contributed by atoms with E-state index in [0.717, 1.165) is 16.8 Å². The fourth-order valence-electron chi connectivity index (χ4n) is 2.96. The van der Waals surface area contributed by atoms with Gasteiger partial charge in [0.05, 0.1) is 11.4 Å². The van der Waals surface area contributed by atoms with Crippen LogP contribution in [0.2, 0.25) is 0 Å². The van der Waals surface area contributed by atoms with Crippen LogP contribution in [0.5, 0.6) is 0 Å². The van der Waals surface area contributed by atoms with Gasteiger partial charge in [0, 0.05) is 12.1 Å². The third-order valence-corrected chi connectivity index (χ3v) is 4.34. The highest BCUT2D eigenvalue weighted by Gasteiger charge is 2.20. The van der Waals surface area contributed by atoms with Crippen LogP contribution in [0, 0.1) is 25.6 Å². The fraction of sp³-hybridized carbons (Fsp3) is 0.273. The number of aromatic nitrogens is 2. The Hall–Kier alpha value is -2.95. The van der Waals surface area contributed by atoms with E-state index in [-0.39, 0.29) is 11.7 Å². The number of carbonyl (C=O) groups is 1. The summed E-state index contributed by atoms with van der Waals surface area (Å²) in [4.78, 5) is 12.8. The van der Waals surface area contributed by atoms with Gasteiger partial charge in [-0.25, -0.2) is 9.07 Å². The average molecular weight is 365 g/mol. The molecule has 0 spiro atoms. The molecule has 0 saturated heterocycles. The number of aryl methyl sites for hydroxylation is 2. The molecule has 0 atom stereocenters. The molecule has 0 saturated carbocycles. The van der Waals surface area contributed by atoms with E-state index in [1.54, 1.807) is 28.9 Å². The maximum absolute atomic E-state index is 14.3. The van der Waals surface area contributed by atoms with Gasteiger partial charge < -0.3 is 5.32 Å². The van der Waals surface area contributed by atoms with Gasteiger partial charge in [-0.3, -0.25) is 4.79 Å². The molecule has 1 aromatic heterocycles. The van der Waals surface area contributed by atoms with Crippen LogP contribution in [0.3, 0.4) is 0 Å². The van der Waals surface area contributed by atoms with Crippen LogP contribution < -0.4 is 5.32 Å². The van der Waals surface area contributed by atoms with E-state index in [1.807, 2.05) is 45.9 Å². The van der Waals surface area contributed by atoms with Crippen LogP contribution in [0.4, 0.5) is 4.39 Å². The predicted octanol–water partition coefficient (Wildman–Crippen LogP) is 4.68.